The van der Waals surface area contributed by atoms with Crippen molar-refractivity contribution in [3.8, 4) is 17.3 Å². The first-order chi connectivity index (χ1) is 23.6. The van der Waals surface area contributed by atoms with Gasteiger partial charge in [0.1, 0.15) is 23.3 Å². The molecule has 0 spiro atoms. The molecule has 3 aromatic rings. The maximum absolute atomic E-state index is 13.8. The number of fused-ring (bicyclic) bond motifs is 1. The molecule has 0 bridgehead atoms. The van der Waals surface area contributed by atoms with E-state index in [4.69, 9.17) is 29.0 Å². The third kappa shape index (κ3) is 6.92. The molecule has 1 saturated carbocycles. The van der Waals surface area contributed by atoms with Crippen LogP contribution in [-0.4, -0.2) is 95.8 Å². The molecule has 15 heteroatoms. The summed E-state index contributed by atoms with van der Waals surface area (Å²) in [7, 11) is 3.55. The molecular formula is C35H47N9O6. The van der Waals surface area contributed by atoms with Gasteiger partial charge in [0.05, 0.1) is 65.7 Å². The normalized spacial score (nSPS) is 24.4. The molecule has 1 aliphatic carbocycles. The molecule has 2 fully saturated rings. The van der Waals surface area contributed by atoms with Gasteiger partial charge in [-0.3, -0.25) is 9.69 Å². The van der Waals surface area contributed by atoms with Gasteiger partial charge in [0.25, 0.3) is 0 Å². The smallest absolute Gasteiger partial charge is 0.425 e. The van der Waals surface area contributed by atoms with Crippen molar-refractivity contribution < 1.29 is 28.5 Å². The standard InChI is InChI=1S/C35H47N9O6/c1-33(2,3)49-31(45)43(32(46)50-34(4,5)6)28-17-27(40(7)44(28)29-11-9-10-16-48-29)25-22-41-26(12-15-37-41)30(39-25)23-20-38-42(21-23)35(13-14-36)18-24(19-35)47-8/h12,15,17,20-22,24,27,29H,9-11,13,16,18-19H2,1-8H3. The predicted octanol–water partition coefficient (Wildman–Crippen LogP) is 5.75. The number of carbonyl (C=O) groups excluding carboxylic acids is 2. The number of amides is 2. The average Bonchev–Trinajstić information content (AvgIpc) is 3.76. The van der Waals surface area contributed by atoms with Crippen molar-refractivity contribution in [1.82, 2.24) is 39.3 Å². The third-order valence-electron chi connectivity index (χ3n) is 9.10. The number of nitrogens with zero attached hydrogens (tertiary/aromatic N) is 9. The summed E-state index contributed by atoms with van der Waals surface area (Å²) in [6, 6.07) is 3.65. The average molecular weight is 690 g/mol. The highest BCUT2D eigenvalue weighted by atomic mass is 16.6. The summed E-state index contributed by atoms with van der Waals surface area (Å²) < 4.78 is 26.9. The summed E-state index contributed by atoms with van der Waals surface area (Å²) in [5.41, 5.74) is 0.576. The van der Waals surface area contributed by atoms with Crippen molar-refractivity contribution in [3.63, 3.8) is 0 Å². The van der Waals surface area contributed by atoms with Crippen LogP contribution in [0.25, 0.3) is 16.8 Å². The molecule has 0 aromatic carbocycles. The lowest BCUT2D eigenvalue weighted by Crippen LogP contribution is -2.52. The molecule has 2 aliphatic heterocycles. The van der Waals surface area contributed by atoms with Gasteiger partial charge in [-0.15, -0.1) is 0 Å². The maximum Gasteiger partial charge on any atom is 0.425 e. The molecule has 3 aromatic heterocycles. The number of likely N-dealkylation sites (N-methyl/N-ethyl adjacent to an activating group) is 1. The number of hydrogen-bond donors (Lipinski definition) is 0. The minimum absolute atomic E-state index is 0.0786. The van der Waals surface area contributed by atoms with Gasteiger partial charge in [-0.2, -0.15) is 20.4 Å². The zero-order chi connectivity index (χ0) is 36.0. The number of hydrazine groups is 1. The van der Waals surface area contributed by atoms with E-state index in [1.54, 1.807) is 71.6 Å². The molecule has 15 nitrogen and oxygen atoms in total. The zero-order valence-corrected chi connectivity index (χ0v) is 30.1. The van der Waals surface area contributed by atoms with E-state index < -0.39 is 41.2 Å². The van der Waals surface area contributed by atoms with Crippen molar-refractivity contribution in [1.29, 1.82) is 5.26 Å². The SMILES string of the molecule is COC1CC(CC#N)(n2cc(-c3nc(C4C=C(N(C(=O)OC(C)(C)C)C(=O)OC(C)(C)C)N(C5CCCCO5)N4C)cn4nccc34)cn2)C1. The van der Waals surface area contributed by atoms with Crippen molar-refractivity contribution in [2.75, 3.05) is 20.8 Å². The summed E-state index contributed by atoms with van der Waals surface area (Å²) in [4.78, 5) is 33.8. The summed E-state index contributed by atoms with van der Waals surface area (Å²) in [5.74, 6) is 0.251. The van der Waals surface area contributed by atoms with Gasteiger partial charge in [0, 0.05) is 32.5 Å². The first-order valence-electron chi connectivity index (χ1n) is 17.0. The van der Waals surface area contributed by atoms with Crippen LogP contribution in [0.5, 0.6) is 0 Å². The molecule has 5 heterocycles. The lowest BCUT2D eigenvalue weighted by molar-refractivity contribution is -0.160. The number of methoxy groups -OCH3 is 1. The Morgan fingerprint density at radius 1 is 1.08 bits per heavy atom. The monoisotopic (exact) mass is 689 g/mol. The zero-order valence-electron chi connectivity index (χ0n) is 30.1. The number of nitriles is 1. The molecule has 0 radical (unpaired) electrons. The fourth-order valence-corrected chi connectivity index (χ4v) is 6.74. The van der Waals surface area contributed by atoms with Gasteiger partial charge in [0.15, 0.2) is 0 Å². The Morgan fingerprint density at radius 2 is 1.78 bits per heavy atom. The number of ether oxygens (including phenoxy) is 4. The molecule has 50 heavy (non-hydrogen) atoms. The molecule has 2 unspecified atom stereocenters. The summed E-state index contributed by atoms with van der Waals surface area (Å²) in [5, 5.41) is 22.6. The van der Waals surface area contributed by atoms with E-state index in [2.05, 4.69) is 11.2 Å². The van der Waals surface area contributed by atoms with E-state index >= 15 is 0 Å². The minimum atomic E-state index is -0.879. The van der Waals surface area contributed by atoms with Crippen molar-refractivity contribution >= 4 is 17.7 Å². The summed E-state index contributed by atoms with van der Waals surface area (Å²) in [6.45, 7) is 11.0. The quantitative estimate of drug-likeness (QED) is 0.297. The Labute approximate surface area is 292 Å². The minimum Gasteiger partial charge on any atom is -0.443 e. The molecule has 2 atom stereocenters. The van der Waals surface area contributed by atoms with E-state index in [1.807, 2.05) is 40.2 Å². The third-order valence-corrected chi connectivity index (χ3v) is 9.10. The lowest BCUT2D eigenvalue weighted by atomic mass is 9.72. The van der Waals surface area contributed by atoms with Gasteiger partial charge in [0.2, 0.25) is 0 Å². The van der Waals surface area contributed by atoms with Crippen LogP contribution in [0, 0.1) is 11.3 Å². The topological polar surface area (TPSA) is 153 Å². The van der Waals surface area contributed by atoms with Gasteiger partial charge >= 0.3 is 12.2 Å². The second kappa shape index (κ2) is 13.3. The van der Waals surface area contributed by atoms with Crippen LogP contribution in [0.4, 0.5) is 9.59 Å². The molecule has 1 saturated heterocycles. The van der Waals surface area contributed by atoms with Crippen LogP contribution in [0.3, 0.4) is 0 Å². The van der Waals surface area contributed by atoms with Crippen molar-refractivity contribution in [2.24, 2.45) is 0 Å². The second-order valence-electron chi connectivity index (χ2n) is 15.2. The lowest BCUT2D eigenvalue weighted by Gasteiger charge is -2.45. The fraction of sp³-hybridized carbons (Fsp3) is 0.600. The maximum atomic E-state index is 13.8. The van der Waals surface area contributed by atoms with Crippen LogP contribution < -0.4 is 0 Å². The van der Waals surface area contributed by atoms with E-state index in [1.165, 1.54) is 0 Å². The van der Waals surface area contributed by atoms with Crippen LogP contribution in [0.2, 0.25) is 0 Å². The Kier molecular flexibility index (Phi) is 9.40. The summed E-state index contributed by atoms with van der Waals surface area (Å²) in [6.07, 6.45) is 11.1. The number of carbonyl (C=O) groups is 2. The highest BCUT2D eigenvalue weighted by molar-refractivity contribution is 5.90. The highest BCUT2D eigenvalue weighted by Crippen LogP contribution is 2.44. The second-order valence-corrected chi connectivity index (χ2v) is 15.2. The Hall–Kier alpha value is -4.52. The van der Waals surface area contributed by atoms with E-state index in [0.29, 0.717) is 43.7 Å². The van der Waals surface area contributed by atoms with Gasteiger partial charge in [-0.25, -0.2) is 24.1 Å². The fourth-order valence-electron chi connectivity index (χ4n) is 6.74. The molecule has 268 valence electrons. The van der Waals surface area contributed by atoms with Gasteiger partial charge in [-0.05, 0) is 85.8 Å². The Balaban J connectivity index is 1.44. The molecule has 3 aliphatic rings. The molecular weight excluding hydrogens is 642 g/mol. The van der Waals surface area contributed by atoms with E-state index in [-0.39, 0.29) is 11.9 Å². The molecule has 2 amide bonds. The van der Waals surface area contributed by atoms with E-state index in [0.717, 1.165) is 28.8 Å². The van der Waals surface area contributed by atoms with Gasteiger partial charge < -0.3 is 18.9 Å². The number of rotatable bonds is 7. The van der Waals surface area contributed by atoms with Crippen LogP contribution in [0.1, 0.15) is 91.8 Å². The van der Waals surface area contributed by atoms with Gasteiger partial charge in [-0.1, -0.05) is 0 Å². The molecule has 0 N–H and O–H groups in total. The largest absolute Gasteiger partial charge is 0.443 e. The first-order valence-corrected chi connectivity index (χ1v) is 17.0. The number of aromatic nitrogens is 5. The van der Waals surface area contributed by atoms with E-state index in [9.17, 15) is 14.9 Å². The van der Waals surface area contributed by atoms with Crippen molar-refractivity contribution in [2.45, 2.75) is 115 Å². The number of hydrogen-bond acceptors (Lipinski definition) is 12. The van der Waals surface area contributed by atoms with Crippen LogP contribution in [0.15, 0.2) is 42.8 Å². The number of imide groups is 1. The highest BCUT2D eigenvalue weighted by Gasteiger charge is 2.48. The Bertz CT molecular complexity index is 1770. The summed E-state index contributed by atoms with van der Waals surface area (Å²) >= 11 is 0. The Morgan fingerprint density at radius 3 is 2.38 bits per heavy atom. The van der Waals surface area contributed by atoms with Crippen molar-refractivity contribution in [3.05, 3.63) is 48.4 Å². The van der Waals surface area contributed by atoms with Crippen LogP contribution in [-0.2, 0) is 24.5 Å². The van der Waals surface area contributed by atoms with Crippen LogP contribution >= 0.6 is 0 Å². The molecule has 6 rings (SSSR count). The predicted molar refractivity (Wildman–Crippen MR) is 181 cm³/mol. The first kappa shape index (κ1) is 35.3.